The first-order valence-electron chi connectivity index (χ1n) is 3.26. The molecule has 1 unspecified atom stereocenters. The Balaban J connectivity index is 2.35. The average molecular weight is 128 g/mol. The molecule has 1 atom stereocenters. The van der Waals surface area contributed by atoms with Crippen molar-refractivity contribution in [2.75, 3.05) is 6.61 Å². The topological polar surface area (TPSA) is 29.5 Å². The summed E-state index contributed by atoms with van der Waals surface area (Å²) in [5.74, 6) is 0. The van der Waals surface area contributed by atoms with E-state index < -0.39 is 6.29 Å². The predicted octanol–water partition coefficient (Wildman–Crippen LogP) is 1.06. The van der Waals surface area contributed by atoms with Gasteiger partial charge in [-0.2, -0.15) is 0 Å². The first-order valence-corrected chi connectivity index (χ1v) is 3.26. The van der Waals surface area contributed by atoms with Gasteiger partial charge in [0.15, 0.2) is 6.29 Å². The molecule has 1 saturated heterocycles. The lowest BCUT2D eigenvalue weighted by Crippen LogP contribution is -2.19. The van der Waals surface area contributed by atoms with Crippen molar-refractivity contribution >= 4 is 0 Å². The first-order chi connectivity index (χ1) is 4.33. The molecule has 52 valence electrons. The average Bonchev–Trinajstić information content (AvgIpc) is 1.90. The molecule has 9 heavy (non-hydrogen) atoms. The Kier molecular flexibility index (Phi) is 2.25. The highest BCUT2D eigenvalue weighted by molar-refractivity contribution is 5.02. The molecule has 0 aromatic carbocycles. The van der Waals surface area contributed by atoms with Gasteiger partial charge in [0.25, 0.3) is 0 Å². The molecule has 1 aliphatic heterocycles. The van der Waals surface area contributed by atoms with Crippen molar-refractivity contribution in [1.29, 1.82) is 0 Å². The summed E-state index contributed by atoms with van der Waals surface area (Å²) in [5.41, 5.74) is 1.29. The third kappa shape index (κ3) is 1.80. The second-order valence-corrected chi connectivity index (χ2v) is 2.25. The van der Waals surface area contributed by atoms with Gasteiger partial charge in [-0.3, -0.25) is 0 Å². The fourth-order valence-electron chi connectivity index (χ4n) is 0.895. The number of hydrogen-bond donors (Lipinski definition) is 1. The Morgan fingerprint density at radius 3 is 3.00 bits per heavy atom. The molecule has 0 spiro atoms. The molecule has 0 radical (unpaired) electrons. The zero-order valence-electron chi connectivity index (χ0n) is 5.63. The van der Waals surface area contributed by atoms with Crippen molar-refractivity contribution in [3.8, 4) is 0 Å². The van der Waals surface area contributed by atoms with Gasteiger partial charge in [0, 0.05) is 6.42 Å². The standard InChI is InChI=1S/C7H12O2/c1-2-6-3-4-7(8)9-5-6/h2,7-8H,3-5H2,1H3/b6-2-. The Bertz CT molecular complexity index is 108. The van der Waals surface area contributed by atoms with Gasteiger partial charge in [0.05, 0.1) is 6.61 Å². The summed E-state index contributed by atoms with van der Waals surface area (Å²) in [6, 6.07) is 0. The summed E-state index contributed by atoms with van der Waals surface area (Å²) in [6.07, 6.45) is 3.26. The number of hydrogen-bond acceptors (Lipinski definition) is 2. The molecule has 1 heterocycles. The number of ether oxygens (including phenoxy) is 1. The summed E-state index contributed by atoms with van der Waals surface area (Å²) in [5, 5.41) is 8.87. The van der Waals surface area contributed by atoms with Crippen LogP contribution in [0.5, 0.6) is 0 Å². The molecular weight excluding hydrogens is 116 g/mol. The molecule has 0 aromatic heterocycles. The van der Waals surface area contributed by atoms with E-state index in [1.165, 1.54) is 5.57 Å². The van der Waals surface area contributed by atoms with Gasteiger partial charge in [0.1, 0.15) is 0 Å². The normalized spacial score (nSPS) is 33.1. The maximum absolute atomic E-state index is 8.87. The smallest absolute Gasteiger partial charge is 0.155 e. The lowest BCUT2D eigenvalue weighted by atomic mass is 10.1. The monoisotopic (exact) mass is 128 g/mol. The van der Waals surface area contributed by atoms with Gasteiger partial charge in [-0.1, -0.05) is 6.08 Å². The van der Waals surface area contributed by atoms with Crippen molar-refractivity contribution in [3.63, 3.8) is 0 Å². The highest BCUT2D eigenvalue weighted by Gasteiger charge is 2.12. The molecule has 0 saturated carbocycles. The minimum atomic E-state index is -0.520. The second-order valence-electron chi connectivity index (χ2n) is 2.25. The van der Waals surface area contributed by atoms with Gasteiger partial charge in [-0.05, 0) is 18.9 Å². The van der Waals surface area contributed by atoms with Gasteiger partial charge >= 0.3 is 0 Å². The van der Waals surface area contributed by atoms with Crippen LogP contribution in [-0.4, -0.2) is 18.0 Å². The van der Waals surface area contributed by atoms with Crippen molar-refractivity contribution in [1.82, 2.24) is 0 Å². The van der Waals surface area contributed by atoms with E-state index in [9.17, 15) is 0 Å². The molecule has 0 aromatic rings. The van der Waals surface area contributed by atoms with E-state index in [4.69, 9.17) is 9.84 Å². The molecule has 0 bridgehead atoms. The van der Waals surface area contributed by atoms with Crippen LogP contribution >= 0.6 is 0 Å². The maximum Gasteiger partial charge on any atom is 0.155 e. The zero-order valence-corrected chi connectivity index (χ0v) is 5.63. The largest absolute Gasteiger partial charge is 0.368 e. The van der Waals surface area contributed by atoms with Gasteiger partial charge in [-0.15, -0.1) is 0 Å². The third-order valence-corrected chi connectivity index (χ3v) is 1.58. The number of allylic oxidation sites excluding steroid dienone is 1. The lowest BCUT2D eigenvalue weighted by Gasteiger charge is -2.19. The molecule has 2 heteroatoms. The predicted molar refractivity (Wildman–Crippen MR) is 34.9 cm³/mol. The fraction of sp³-hybridized carbons (Fsp3) is 0.714. The molecule has 0 aliphatic carbocycles. The van der Waals surface area contributed by atoms with Crippen molar-refractivity contribution in [2.45, 2.75) is 26.1 Å². The molecule has 1 aliphatic rings. The van der Waals surface area contributed by atoms with Crippen LogP contribution in [-0.2, 0) is 4.74 Å². The van der Waals surface area contributed by atoms with Crippen LogP contribution in [0.2, 0.25) is 0 Å². The van der Waals surface area contributed by atoms with E-state index in [-0.39, 0.29) is 0 Å². The summed E-state index contributed by atoms with van der Waals surface area (Å²) >= 11 is 0. The summed E-state index contributed by atoms with van der Waals surface area (Å²) < 4.78 is 4.97. The zero-order chi connectivity index (χ0) is 6.69. The Morgan fingerprint density at radius 2 is 2.56 bits per heavy atom. The SMILES string of the molecule is C/C=C1/CCC(O)OC1. The van der Waals surface area contributed by atoms with Crippen LogP contribution < -0.4 is 0 Å². The summed E-state index contributed by atoms with van der Waals surface area (Å²) in [7, 11) is 0. The number of aliphatic hydroxyl groups excluding tert-OH is 1. The Labute approximate surface area is 55.1 Å². The highest BCUT2D eigenvalue weighted by Crippen LogP contribution is 2.15. The minimum absolute atomic E-state index is 0.520. The van der Waals surface area contributed by atoms with E-state index in [1.807, 2.05) is 13.0 Å². The second kappa shape index (κ2) is 2.99. The minimum Gasteiger partial charge on any atom is -0.368 e. The van der Waals surface area contributed by atoms with Gasteiger partial charge in [-0.25, -0.2) is 0 Å². The Hall–Kier alpha value is -0.340. The van der Waals surface area contributed by atoms with Crippen LogP contribution in [0.4, 0.5) is 0 Å². The fourth-order valence-corrected chi connectivity index (χ4v) is 0.895. The van der Waals surface area contributed by atoms with E-state index >= 15 is 0 Å². The molecular formula is C7H12O2. The molecule has 1 rings (SSSR count). The van der Waals surface area contributed by atoms with Crippen LogP contribution in [0, 0.1) is 0 Å². The number of rotatable bonds is 0. The first kappa shape index (κ1) is 6.78. The number of aliphatic hydroxyl groups is 1. The molecule has 1 N–H and O–H groups in total. The molecule has 2 nitrogen and oxygen atoms in total. The molecule has 1 fully saturated rings. The summed E-state index contributed by atoms with van der Waals surface area (Å²) in [4.78, 5) is 0. The van der Waals surface area contributed by atoms with Crippen molar-refractivity contribution in [2.24, 2.45) is 0 Å². The third-order valence-electron chi connectivity index (χ3n) is 1.58. The van der Waals surface area contributed by atoms with E-state index in [0.717, 1.165) is 12.8 Å². The quantitative estimate of drug-likeness (QED) is 0.494. The van der Waals surface area contributed by atoms with Gasteiger partial charge in [0.2, 0.25) is 0 Å². The van der Waals surface area contributed by atoms with Crippen molar-refractivity contribution < 1.29 is 9.84 Å². The Morgan fingerprint density at radius 1 is 1.78 bits per heavy atom. The van der Waals surface area contributed by atoms with E-state index in [1.54, 1.807) is 0 Å². The molecule has 0 amide bonds. The van der Waals surface area contributed by atoms with Crippen LogP contribution in [0.3, 0.4) is 0 Å². The van der Waals surface area contributed by atoms with E-state index in [0.29, 0.717) is 6.61 Å². The van der Waals surface area contributed by atoms with Crippen LogP contribution in [0.25, 0.3) is 0 Å². The summed E-state index contributed by atoms with van der Waals surface area (Å²) in [6.45, 7) is 2.61. The highest BCUT2D eigenvalue weighted by atomic mass is 16.6. The van der Waals surface area contributed by atoms with Crippen LogP contribution in [0.15, 0.2) is 11.6 Å². The maximum atomic E-state index is 8.87. The van der Waals surface area contributed by atoms with Crippen LogP contribution in [0.1, 0.15) is 19.8 Å². The lowest BCUT2D eigenvalue weighted by molar-refractivity contribution is -0.108. The van der Waals surface area contributed by atoms with Crippen molar-refractivity contribution in [3.05, 3.63) is 11.6 Å². The van der Waals surface area contributed by atoms with Gasteiger partial charge < -0.3 is 9.84 Å². The van der Waals surface area contributed by atoms with E-state index in [2.05, 4.69) is 0 Å².